The molecular formula is C22H30N10. The average Bonchev–Trinajstić information content (AvgIpc) is 2.76. The van der Waals surface area contributed by atoms with E-state index < -0.39 is 0 Å². The molecule has 168 valence electrons. The maximum atomic E-state index is 5.95. The van der Waals surface area contributed by atoms with Crippen LogP contribution in [0.25, 0.3) is 0 Å². The lowest BCUT2D eigenvalue weighted by Gasteiger charge is -2.23. The fourth-order valence-electron chi connectivity index (χ4n) is 3.39. The molecule has 0 heterocycles. The van der Waals surface area contributed by atoms with E-state index >= 15 is 0 Å². The molecule has 0 spiro atoms. The summed E-state index contributed by atoms with van der Waals surface area (Å²) in [5.74, 6) is 0.703. The molecule has 10 nitrogen and oxygen atoms in total. The molecule has 1 saturated carbocycles. The Morgan fingerprint density at radius 2 is 0.938 bits per heavy atom. The van der Waals surface area contributed by atoms with Crippen LogP contribution in [0.2, 0.25) is 0 Å². The fraction of sp³-hybridized carbons (Fsp3) is 0.273. The summed E-state index contributed by atoms with van der Waals surface area (Å²) in [7, 11) is 0. The number of nitrogens with two attached hydrogens (primary N) is 4. The molecule has 2 aromatic carbocycles. The molecule has 1 aliphatic carbocycles. The van der Waals surface area contributed by atoms with Crippen LogP contribution in [0.1, 0.15) is 25.7 Å². The van der Waals surface area contributed by atoms with Crippen LogP contribution in [0.15, 0.2) is 80.6 Å². The first-order valence-corrected chi connectivity index (χ1v) is 10.5. The summed E-state index contributed by atoms with van der Waals surface area (Å²) in [5.41, 5.74) is 25.4. The first-order valence-electron chi connectivity index (χ1n) is 10.5. The monoisotopic (exact) mass is 434 g/mol. The topological polar surface area (TPSA) is 178 Å². The molecule has 10 heteroatoms. The molecule has 0 bridgehead atoms. The first kappa shape index (κ1) is 22.6. The molecule has 32 heavy (non-hydrogen) atoms. The highest BCUT2D eigenvalue weighted by Gasteiger charge is 2.21. The van der Waals surface area contributed by atoms with Crippen LogP contribution in [0.5, 0.6) is 0 Å². The van der Waals surface area contributed by atoms with E-state index in [-0.39, 0.29) is 35.9 Å². The minimum Gasteiger partial charge on any atom is -0.369 e. The van der Waals surface area contributed by atoms with Crippen molar-refractivity contribution < 1.29 is 0 Å². The Labute approximate surface area is 187 Å². The zero-order chi connectivity index (χ0) is 22.8. The predicted octanol–water partition coefficient (Wildman–Crippen LogP) is 1.78. The zero-order valence-electron chi connectivity index (χ0n) is 17.9. The van der Waals surface area contributed by atoms with E-state index in [2.05, 4.69) is 30.6 Å². The van der Waals surface area contributed by atoms with Crippen LogP contribution in [0.4, 0.5) is 11.4 Å². The second kappa shape index (κ2) is 11.3. The molecule has 0 unspecified atom stereocenters. The van der Waals surface area contributed by atoms with Gasteiger partial charge in [-0.25, -0.2) is 9.98 Å². The van der Waals surface area contributed by atoms with Gasteiger partial charge >= 0.3 is 0 Å². The summed E-state index contributed by atoms with van der Waals surface area (Å²) in [4.78, 5) is 17.2. The minimum atomic E-state index is 0.0734. The van der Waals surface area contributed by atoms with Crippen molar-refractivity contribution in [2.24, 2.45) is 42.9 Å². The number of hydrogen-bond donors (Lipinski definition) is 6. The van der Waals surface area contributed by atoms with Gasteiger partial charge in [0, 0.05) is 11.4 Å². The number of hydrogen-bond acceptors (Lipinski definition) is 2. The van der Waals surface area contributed by atoms with Gasteiger partial charge in [-0.15, -0.1) is 0 Å². The van der Waals surface area contributed by atoms with Crippen LogP contribution in [-0.2, 0) is 0 Å². The normalized spacial score (nSPS) is 20.6. The Balaban J connectivity index is 1.48. The van der Waals surface area contributed by atoms with Crippen molar-refractivity contribution in [3.05, 3.63) is 60.7 Å². The van der Waals surface area contributed by atoms with Crippen molar-refractivity contribution in [2.75, 3.05) is 10.6 Å². The van der Waals surface area contributed by atoms with E-state index in [1.807, 2.05) is 60.7 Å². The van der Waals surface area contributed by atoms with Crippen LogP contribution in [0, 0.1) is 0 Å². The Bertz CT molecular complexity index is 893. The standard InChI is InChI=1S/C22H30N10/c23-19(27-15-7-3-1-4-8-15)31-21(25)29-17-11-13-18(14-12-17)30-22(26)32-20(24)28-16-9-5-2-6-10-16/h1-10,17-18H,11-14H2,(H5,23,25,27,29,31)(H5,24,26,28,30,32). The molecule has 0 atom stereocenters. The third kappa shape index (κ3) is 7.63. The molecule has 0 radical (unpaired) electrons. The van der Waals surface area contributed by atoms with E-state index in [1.54, 1.807) is 0 Å². The third-order valence-electron chi connectivity index (χ3n) is 4.86. The van der Waals surface area contributed by atoms with Gasteiger partial charge in [0.1, 0.15) is 0 Å². The second-order valence-corrected chi connectivity index (χ2v) is 7.41. The first-order chi connectivity index (χ1) is 15.5. The average molecular weight is 435 g/mol. The van der Waals surface area contributed by atoms with Crippen LogP contribution in [0.3, 0.4) is 0 Å². The summed E-state index contributed by atoms with van der Waals surface area (Å²) in [6.45, 7) is 0. The van der Waals surface area contributed by atoms with Gasteiger partial charge in [0.25, 0.3) is 0 Å². The summed E-state index contributed by atoms with van der Waals surface area (Å²) < 4.78 is 0. The van der Waals surface area contributed by atoms with Gasteiger partial charge in [-0.05, 0) is 49.9 Å². The van der Waals surface area contributed by atoms with Crippen LogP contribution < -0.4 is 33.6 Å². The Morgan fingerprint density at radius 3 is 1.28 bits per heavy atom. The molecule has 0 aliphatic heterocycles. The molecule has 2 aromatic rings. The van der Waals surface area contributed by atoms with Gasteiger partial charge in [-0.1, -0.05) is 36.4 Å². The van der Waals surface area contributed by atoms with Crippen molar-refractivity contribution in [1.29, 1.82) is 0 Å². The van der Waals surface area contributed by atoms with Crippen molar-refractivity contribution in [3.63, 3.8) is 0 Å². The summed E-state index contributed by atoms with van der Waals surface area (Å²) >= 11 is 0. The summed E-state index contributed by atoms with van der Waals surface area (Å²) in [6, 6.07) is 19.2. The third-order valence-corrected chi connectivity index (χ3v) is 4.86. The molecule has 1 fully saturated rings. The number of guanidine groups is 4. The van der Waals surface area contributed by atoms with Crippen LogP contribution >= 0.6 is 0 Å². The lowest BCUT2D eigenvalue weighted by atomic mass is 9.92. The highest BCUT2D eigenvalue weighted by Crippen LogP contribution is 2.23. The molecule has 1 aliphatic rings. The van der Waals surface area contributed by atoms with Gasteiger partial charge in [0.2, 0.25) is 23.8 Å². The van der Waals surface area contributed by atoms with Gasteiger partial charge in [-0.2, -0.15) is 9.98 Å². The van der Waals surface area contributed by atoms with Crippen molar-refractivity contribution in [1.82, 2.24) is 0 Å². The highest BCUT2D eigenvalue weighted by molar-refractivity contribution is 6.01. The molecule has 0 saturated heterocycles. The number of para-hydroxylation sites is 2. The molecule has 0 aromatic heterocycles. The zero-order valence-corrected chi connectivity index (χ0v) is 17.9. The SMILES string of the molecule is NC(=NC1CCC(N=C(N)/N=C(\N)Nc2ccccc2)CC1)/N=C(\N)Nc1ccccc1. The van der Waals surface area contributed by atoms with Gasteiger partial charge in [0.15, 0.2) is 0 Å². The summed E-state index contributed by atoms with van der Waals surface area (Å²) in [6.07, 6.45) is 3.30. The van der Waals surface area contributed by atoms with E-state index in [4.69, 9.17) is 22.9 Å². The molecule has 3 rings (SSSR count). The number of aliphatic imine (C=N–C) groups is 4. The summed E-state index contributed by atoms with van der Waals surface area (Å²) in [5, 5.41) is 5.95. The van der Waals surface area contributed by atoms with Gasteiger partial charge in [-0.3, -0.25) is 0 Å². The van der Waals surface area contributed by atoms with Gasteiger partial charge in [0.05, 0.1) is 12.1 Å². The Kier molecular flexibility index (Phi) is 8.02. The maximum Gasteiger partial charge on any atom is 0.218 e. The lowest BCUT2D eigenvalue weighted by molar-refractivity contribution is 0.397. The number of rotatable bonds is 4. The molecule has 10 N–H and O–H groups in total. The molecular weight excluding hydrogens is 404 g/mol. The van der Waals surface area contributed by atoms with E-state index in [0.29, 0.717) is 0 Å². The predicted molar refractivity (Wildman–Crippen MR) is 133 cm³/mol. The maximum absolute atomic E-state index is 5.95. The van der Waals surface area contributed by atoms with E-state index in [1.165, 1.54) is 0 Å². The van der Waals surface area contributed by atoms with Crippen LogP contribution in [-0.4, -0.2) is 35.9 Å². The second-order valence-electron chi connectivity index (χ2n) is 7.41. The van der Waals surface area contributed by atoms with Gasteiger partial charge < -0.3 is 33.6 Å². The van der Waals surface area contributed by atoms with Crippen molar-refractivity contribution in [2.45, 2.75) is 37.8 Å². The largest absolute Gasteiger partial charge is 0.369 e. The quantitative estimate of drug-likeness (QED) is 0.315. The lowest BCUT2D eigenvalue weighted by Crippen LogP contribution is -2.29. The fourth-order valence-corrected chi connectivity index (χ4v) is 3.39. The Morgan fingerprint density at radius 1 is 0.594 bits per heavy atom. The van der Waals surface area contributed by atoms with E-state index in [0.717, 1.165) is 37.1 Å². The number of nitrogens with one attached hydrogen (secondary N) is 2. The minimum absolute atomic E-state index is 0.0734. The smallest absolute Gasteiger partial charge is 0.218 e. The Hall–Kier alpha value is -4.08. The molecule has 0 amide bonds. The number of anilines is 2. The van der Waals surface area contributed by atoms with Crippen molar-refractivity contribution in [3.8, 4) is 0 Å². The highest BCUT2D eigenvalue weighted by atomic mass is 15.2. The number of nitrogens with zero attached hydrogens (tertiary/aromatic N) is 4. The number of benzene rings is 2. The van der Waals surface area contributed by atoms with E-state index in [9.17, 15) is 0 Å². The van der Waals surface area contributed by atoms with Crippen molar-refractivity contribution >= 4 is 35.2 Å².